The van der Waals surface area contributed by atoms with Crippen molar-refractivity contribution >= 4 is 0 Å². The molecule has 1 aromatic carbocycles. The van der Waals surface area contributed by atoms with E-state index in [-0.39, 0.29) is 17.5 Å². The zero-order valence-corrected chi connectivity index (χ0v) is 11.9. The summed E-state index contributed by atoms with van der Waals surface area (Å²) in [4.78, 5) is 0. The summed E-state index contributed by atoms with van der Waals surface area (Å²) in [7, 11) is 0. The molecule has 3 nitrogen and oxygen atoms in total. The smallest absolute Gasteiger partial charge is 0.124 e. The van der Waals surface area contributed by atoms with Crippen molar-refractivity contribution in [3.63, 3.8) is 0 Å². The molecule has 1 aliphatic rings. The van der Waals surface area contributed by atoms with Crippen molar-refractivity contribution < 1.29 is 10.2 Å². The lowest BCUT2D eigenvalue weighted by Crippen LogP contribution is -2.35. The highest BCUT2D eigenvalue weighted by Gasteiger charge is 2.24. The summed E-state index contributed by atoms with van der Waals surface area (Å²) in [5, 5.41) is 23.3. The van der Waals surface area contributed by atoms with Crippen LogP contribution in [0.2, 0.25) is 0 Å². The van der Waals surface area contributed by atoms with E-state index in [4.69, 9.17) is 0 Å². The Morgan fingerprint density at radius 1 is 1.26 bits per heavy atom. The molecule has 0 aliphatic heterocycles. The van der Waals surface area contributed by atoms with E-state index in [0.717, 1.165) is 5.92 Å². The third-order valence-electron chi connectivity index (χ3n) is 4.34. The van der Waals surface area contributed by atoms with E-state index in [2.05, 4.69) is 12.2 Å². The number of hydrogen-bond donors (Lipinski definition) is 3. The second-order valence-electron chi connectivity index (χ2n) is 5.74. The minimum atomic E-state index is -0.0261. The van der Waals surface area contributed by atoms with Crippen LogP contribution in [-0.4, -0.2) is 16.3 Å². The van der Waals surface area contributed by atoms with Gasteiger partial charge in [-0.1, -0.05) is 32.3 Å². The number of rotatable bonds is 4. The molecular formula is C16H25NO2. The van der Waals surface area contributed by atoms with Crippen LogP contribution < -0.4 is 5.32 Å². The van der Waals surface area contributed by atoms with Crippen molar-refractivity contribution in [2.24, 2.45) is 5.92 Å². The molecule has 1 aliphatic carbocycles. The van der Waals surface area contributed by atoms with Crippen molar-refractivity contribution in [1.29, 1.82) is 0 Å². The van der Waals surface area contributed by atoms with Crippen LogP contribution in [0.5, 0.6) is 11.5 Å². The molecule has 2 rings (SSSR count). The molecule has 0 saturated heterocycles. The predicted octanol–water partition coefficient (Wildman–Crippen LogP) is 3.72. The van der Waals surface area contributed by atoms with Crippen molar-refractivity contribution in [1.82, 2.24) is 5.32 Å². The van der Waals surface area contributed by atoms with Gasteiger partial charge in [-0.3, -0.25) is 0 Å². The third kappa shape index (κ3) is 3.41. The van der Waals surface area contributed by atoms with Gasteiger partial charge in [-0.25, -0.2) is 0 Å². The first-order valence-corrected chi connectivity index (χ1v) is 7.38. The lowest BCUT2D eigenvalue weighted by molar-refractivity contribution is 0.263. The highest BCUT2D eigenvalue weighted by atomic mass is 16.3. The second kappa shape index (κ2) is 6.29. The Morgan fingerprint density at radius 3 is 2.58 bits per heavy atom. The summed E-state index contributed by atoms with van der Waals surface area (Å²) in [6, 6.07) is 5.38. The Balaban J connectivity index is 2.02. The van der Waals surface area contributed by atoms with Gasteiger partial charge in [0.1, 0.15) is 11.5 Å². The fourth-order valence-electron chi connectivity index (χ4n) is 3.23. The van der Waals surface area contributed by atoms with E-state index in [1.807, 2.05) is 6.92 Å². The average molecular weight is 263 g/mol. The average Bonchev–Trinajstić information content (AvgIpc) is 2.38. The molecule has 3 atom stereocenters. The summed E-state index contributed by atoms with van der Waals surface area (Å²) >= 11 is 0. The normalized spacial score (nSPS) is 25.2. The molecule has 0 spiro atoms. The summed E-state index contributed by atoms with van der Waals surface area (Å²) in [6.45, 7) is 4.26. The number of benzene rings is 1. The minimum absolute atomic E-state index is 0.0261. The van der Waals surface area contributed by atoms with Gasteiger partial charge in [0.15, 0.2) is 0 Å². The Morgan fingerprint density at radius 2 is 1.95 bits per heavy atom. The summed E-state index contributed by atoms with van der Waals surface area (Å²) < 4.78 is 0. The molecule has 1 saturated carbocycles. The van der Waals surface area contributed by atoms with Gasteiger partial charge >= 0.3 is 0 Å². The number of nitrogens with one attached hydrogen (secondary N) is 1. The number of hydrogen-bond acceptors (Lipinski definition) is 3. The van der Waals surface area contributed by atoms with Gasteiger partial charge in [0, 0.05) is 12.1 Å². The van der Waals surface area contributed by atoms with E-state index in [1.165, 1.54) is 32.1 Å². The molecule has 3 heteroatoms. The molecule has 0 aromatic heterocycles. The highest BCUT2D eigenvalue weighted by molar-refractivity contribution is 5.44. The monoisotopic (exact) mass is 263 g/mol. The van der Waals surface area contributed by atoms with E-state index in [0.29, 0.717) is 11.6 Å². The maximum atomic E-state index is 9.89. The molecule has 19 heavy (non-hydrogen) atoms. The molecule has 1 fully saturated rings. The van der Waals surface area contributed by atoms with Gasteiger partial charge in [0.25, 0.3) is 0 Å². The molecule has 106 valence electrons. The molecule has 0 heterocycles. The van der Waals surface area contributed by atoms with E-state index in [9.17, 15) is 10.2 Å². The standard InChI is InChI=1S/C16H25NO2/c1-3-12-6-4-7-13(10-12)17-11(2)16-14(18)8-5-9-15(16)19/h5,8-9,11-13,17-19H,3-4,6-7,10H2,1-2H3. The first-order chi connectivity index (χ1) is 9.11. The summed E-state index contributed by atoms with van der Waals surface area (Å²) in [5.74, 6) is 1.15. The fraction of sp³-hybridized carbons (Fsp3) is 0.625. The highest BCUT2D eigenvalue weighted by Crippen LogP contribution is 2.34. The molecule has 0 bridgehead atoms. The van der Waals surface area contributed by atoms with Crippen molar-refractivity contribution in [2.75, 3.05) is 0 Å². The Labute approximate surface area is 115 Å². The van der Waals surface area contributed by atoms with Gasteiger partial charge in [-0.15, -0.1) is 0 Å². The van der Waals surface area contributed by atoms with Crippen LogP contribution in [0, 0.1) is 5.92 Å². The lowest BCUT2D eigenvalue weighted by atomic mass is 9.84. The van der Waals surface area contributed by atoms with E-state index < -0.39 is 0 Å². The van der Waals surface area contributed by atoms with Gasteiger partial charge in [-0.05, 0) is 37.8 Å². The van der Waals surface area contributed by atoms with Crippen LogP contribution in [0.3, 0.4) is 0 Å². The van der Waals surface area contributed by atoms with Crippen LogP contribution >= 0.6 is 0 Å². The number of phenols is 2. The lowest BCUT2D eigenvalue weighted by Gasteiger charge is -2.31. The first-order valence-electron chi connectivity index (χ1n) is 7.38. The summed E-state index contributed by atoms with van der Waals surface area (Å²) in [5.41, 5.74) is 0.612. The zero-order valence-electron chi connectivity index (χ0n) is 11.9. The van der Waals surface area contributed by atoms with Gasteiger partial charge in [-0.2, -0.15) is 0 Å². The minimum Gasteiger partial charge on any atom is -0.507 e. The van der Waals surface area contributed by atoms with Crippen LogP contribution in [0.25, 0.3) is 0 Å². The van der Waals surface area contributed by atoms with E-state index >= 15 is 0 Å². The third-order valence-corrected chi connectivity index (χ3v) is 4.34. The first kappa shape index (κ1) is 14.2. The molecular weight excluding hydrogens is 238 g/mol. The molecule has 3 N–H and O–H groups in total. The Kier molecular flexibility index (Phi) is 4.70. The van der Waals surface area contributed by atoms with Crippen LogP contribution in [0.1, 0.15) is 57.6 Å². The van der Waals surface area contributed by atoms with Crippen molar-refractivity contribution in [3.05, 3.63) is 23.8 Å². The van der Waals surface area contributed by atoms with Gasteiger partial charge < -0.3 is 15.5 Å². The topological polar surface area (TPSA) is 52.5 Å². The summed E-state index contributed by atoms with van der Waals surface area (Å²) in [6.07, 6.45) is 6.25. The second-order valence-corrected chi connectivity index (χ2v) is 5.74. The fourth-order valence-corrected chi connectivity index (χ4v) is 3.23. The molecule has 0 amide bonds. The van der Waals surface area contributed by atoms with Crippen LogP contribution in [0.4, 0.5) is 0 Å². The Bertz CT molecular complexity index is 399. The van der Waals surface area contributed by atoms with Gasteiger partial charge in [0.05, 0.1) is 5.56 Å². The van der Waals surface area contributed by atoms with Gasteiger partial charge in [0.2, 0.25) is 0 Å². The number of phenolic OH excluding ortho intramolecular Hbond substituents is 2. The molecule has 3 unspecified atom stereocenters. The Hall–Kier alpha value is -1.22. The molecule has 1 aromatic rings. The van der Waals surface area contributed by atoms with Crippen molar-refractivity contribution in [3.8, 4) is 11.5 Å². The SMILES string of the molecule is CCC1CCCC(NC(C)c2c(O)cccc2O)C1. The zero-order chi connectivity index (χ0) is 13.8. The van der Waals surface area contributed by atoms with E-state index in [1.54, 1.807) is 18.2 Å². The largest absolute Gasteiger partial charge is 0.507 e. The van der Waals surface area contributed by atoms with Crippen LogP contribution in [0.15, 0.2) is 18.2 Å². The van der Waals surface area contributed by atoms with Crippen LogP contribution in [-0.2, 0) is 0 Å². The number of aromatic hydroxyl groups is 2. The maximum Gasteiger partial charge on any atom is 0.124 e. The quantitative estimate of drug-likeness (QED) is 0.776. The maximum absolute atomic E-state index is 9.89. The van der Waals surface area contributed by atoms with Crippen molar-refractivity contribution in [2.45, 2.75) is 58.0 Å². The predicted molar refractivity (Wildman–Crippen MR) is 77.4 cm³/mol. The molecule has 0 radical (unpaired) electrons.